The lowest BCUT2D eigenvalue weighted by molar-refractivity contribution is -0.142. The molecule has 0 saturated heterocycles. The SMILES string of the molecule is NCC(=O)NCC(=O)N[C@@H](CCCN=C(N)N)C(=O)N[C@@H](CCCN=C(N)N)C(=O)N[C@@H](CCCN=C(N)N)C(=O)N[C@@H](CCCN=C(N)N)C(=O)N[C@@H](CCCN=C(N)N)C(=O)N[C@@H](CCCN=C(N)N)C(=O)N[C@@H](CCCN=C(N)N)C(=O)O. The number of carbonyl (C=O) groups is 9. The van der Waals surface area contributed by atoms with Crippen LogP contribution in [-0.4, -0.2) is 201 Å². The summed E-state index contributed by atoms with van der Waals surface area (Å²) in [5.74, 6) is -10.3. The third-order valence-electron chi connectivity index (χ3n) is 11.7. The zero-order chi connectivity index (χ0) is 65.1. The van der Waals surface area contributed by atoms with Gasteiger partial charge in [0.15, 0.2) is 41.7 Å². The molecule has 0 aromatic rings. The Labute approximate surface area is 496 Å². The number of nitrogens with zero attached hydrogens (tertiary/aromatic N) is 7. The number of aliphatic carboxylic acids is 1. The number of nitrogens with one attached hydrogen (secondary N) is 8. The monoisotopic (exact) mass is 1220 g/mol. The summed E-state index contributed by atoms with van der Waals surface area (Å²) in [4.78, 5) is 150. The molecule has 7 atom stereocenters. The molecule has 8 amide bonds. The molecular weight excluding hydrogens is 1130 g/mol. The predicted octanol–water partition coefficient (Wildman–Crippen LogP) is -12.1. The largest absolute Gasteiger partial charge is 0.480 e. The van der Waals surface area contributed by atoms with Crippen molar-refractivity contribution in [3.63, 3.8) is 0 Å². The highest BCUT2D eigenvalue weighted by Crippen LogP contribution is 2.11. The molecule has 0 spiro atoms. The van der Waals surface area contributed by atoms with Gasteiger partial charge in [-0.1, -0.05) is 0 Å². The molecular formula is C46H92N30O10. The highest BCUT2D eigenvalue weighted by molar-refractivity contribution is 5.98. The molecule has 39 N–H and O–H groups in total. The number of nitrogens with two attached hydrogens (primary N) is 15. The number of rotatable bonds is 45. The predicted molar refractivity (Wildman–Crippen MR) is 323 cm³/mol. The van der Waals surface area contributed by atoms with E-state index in [2.05, 4.69) is 77.5 Å². The van der Waals surface area contributed by atoms with Crippen molar-refractivity contribution >= 4 is 94.9 Å². The molecule has 0 aromatic carbocycles. The smallest absolute Gasteiger partial charge is 0.326 e. The summed E-state index contributed by atoms with van der Waals surface area (Å²) in [6.07, 6.45) is -0.437. The molecule has 0 fully saturated rings. The van der Waals surface area contributed by atoms with Crippen LogP contribution in [0.1, 0.15) is 89.9 Å². The fraction of sp³-hybridized carbons (Fsp3) is 0.652. The first-order chi connectivity index (χ1) is 40.6. The van der Waals surface area contributed by atoms with E-state index in [4.69, 9.17) is 86.0 Å². The van der Waals surface area contributed by atoms with Gasteiger partial charge in [0.1, 0.15) is 42.3 Å². The van der Waals surface area contributed by atoms with Crippen LogP contribution in [0.4, 0.5) is 0 Å². The zero-order valence-electron chi connectivity index (χ0n) is 48.2. The second kappa shape index (κ2) is 43.7. The summed E-state index contributed by atoms with van der Waals surface area (Å²) in [7, 11) is 0. The van der Waals surface area contributed by atoms with E-state index in [1.807, 2.05) is 0 Å². The van der Waals surface area contributed by atoms with Gasteiger partial charge in [-0.05, 0) is 89.9 Å². The van der Waals surface area contributed by atoms with Gasteiger partial charge in [0.05, 0.1) is 13.1 Å². The molecule has 0 aliphatic carbocycles. The molecule has 0 aliphatic heterocycles. The molecule has 0 unspecified atom stereocenters. The van der Waals surface area contributed by atoms with Crippen molar-refractivity contribution in [1.29, 1.82) is 0 Å². The van der Waals surface area contributed by atoms with E-state index in [1.165, 1.54) is 0 Å². The highest BCUT2D eigenvalue weighted by atomic mass is 16.4. The highest BCUT2D eigenvalue weighted by Gasteiger charge is 2.34. The first-order valence-electron chi connectivity index (χ1n) is 27.2. The normalized spacial score (nSPS) is 12.9. The van der Waals surface area contributed by atoms with Crippen LogP contribution in [0.3, 0.4) is 0 Å². The fourth-order valence-corrected chi connectivity index (χ4v) is 7.53. The first kappa shape index (κ1) is 76.1. The minimum atomic E-state index is -1.52. The zero-order valence-corrected chi connectivity index (χ0v) is 48.2. The number of carboxylic acid groups (broad SMARTS) is 1. The Kier molecular flexibility index (Phi) is 38.7. The topological polar surface area (TPSA) is 747 Å². The number of hydrogen-bond acceptors (Lipinski definition) is 17. The second-order valence-electron chi connectivity index (χ2n) is 18.9. The standard InChI is InChI=1S/C46H92N30O10/c47-22-31(77)69-23-32(78)70-24(8-1-15-62-40(48)49)33(79)71-25(9-2-16-63-41(50)51)34(80)72-26(10-3-17-64-42(52)53)35(81)73-27(11-4-18-65-43(54)55)36(82)74-28(12-5-19-66-44(56)57)37(83)75-29(13-6-20-67-45(58)59)38(84)76-30(39(85)86)14-7-21-68-46(60)61/h24-30H,1-23,47H2,(H,69,77)(H,70,78)(H,71,79)(H,72,80)(H,73,81)(H,74,82)(H,75,83)(H,76,84)(H,85,86)(H4,48,49,62)(H4,50,51,63)(H4,52,53,64)(H4,54,55,65)(H4,56,57,66)(H4,58,59,67)(H4,60,61,68)/t24-,25-,26-,27-,28-,29-,30-/m0/s1. The van der Waals surface area contributed by atoms with E-state index in [1.54, 1.807) is 0 Å². The molecule has 40 nitrogen and oxygen atoms in total. The number of aliphatic imine (C=N–C) groups is 7. The minimum absolute atomic E-state index is 0.00464. The Morgan fingerprint density at radius 3 is 0.663 bits per heavy atom. The van der Waals surface area contributed by atoms with E-state index in [0.29, 0.717) is 0 Å². The number of hydrogen-bond donors (Lipinski definition) is 24. The summed E-state index contributed by atoms with van der Waals surface area (Å²) in [6, 6.07) is -10.2. The fourth-order valence-electron chi connectivity index (χ4n) is 7.53. The van der Waals surface area contributed by atoms with Gasteiger partial charge in [0.25, 0.3) is 0 Å². The van der Waals surface area contributed by atoms with Gasteiger partial charge >= 0.3 is 5.97 Å². The van der Waals surface area contributed by atoms with Crippen LogP contribution in [0.25, 0.3) is 0 Å². The Morgan fingerprint density at radius 2 is 0.477 bits per heavy atom. The van der Waals surface area contributed by atoms with Gasteiger partial charge in [0, 0.05) is 45.8 Å². The van der Waals surface area contributed by atoms with Crippen molar-refractivity contribution in [2.75, 3.05) is 58.9 Å². The average Bonchev–Trinajstić information content (AvgIpc) is 2.85. The first-order valence-corrected chi connectivity index (χ1v) is 27.2. The van der Waals surface area contributed by atoms with E-state index in [-0.39, 0.29) is 177 Å². The van der Waals surface area contributed by atoms with Crippen molar-refractivity contribution in [3.05, 3.63) is 0 Å². The molecule has 86 heavy (non-hydrogen) atoms. The van der Waals surface area contributed by atoms with Gasteiger partial charge in [-0.2, -0.15) is 0 Å². The minimum Gasteiger partial charge on any atom is -0.480 e. The van der Waals surface area contributed by atoms with Crippen molar-refractivity contribution in [2.24, 2.45) is 121 Å². The average molecular weight is 1230 g/mol. The Hall–Kier alpha value is -9.92. The lowest BCUT2D eigenvalue weighted by Crippen LogP contribution is -2.60. The number of amides is 8. The van der Waals surface area contributed by atoms with Crippen molar-refractivity contribution < 1.29 is 48.3 Å². The number of guanidine groups is 7. The molecule has 0 aromatic heterocycles. The van der Waals surface area contributed by atoms with Gasteiger partial charge in [0.2, 0.25) is 47.3 Å². The van der Waals surface area contributed by atoms with Crippen molar-refractivity contribution in [3.8, 4) is 0 Å². The van der Waals surface area contributed by atoms with Gasteiger partial charge in [-0.25, -0.2) is 4.79 Å². The van der Waals surface area contributed by atoms with Crippen LogP contribution in [0.2, 0.25) is 0 Å². The maximum Gasteiger partial charge on any atom is 0.326 e. The lowest BCUT2D eigenvalue weighted by atomic mass is 10.0. The second-order valence-corrected chi connectivity index (χ2v) is 18.9. The van der Waals surface area contributed by atoms with E-state index < -0.39 is 109 Å². The van der Waals surface area contributed by atoms with Crippen LogP contribution in [0.15, 0.2) is 34.9 Å². The summed E-state index contributed by atoms with van der Waals surface area (Å²) < 4.78 is 0. The van der Waals surface area contributed by atoms with Crippen LogP contribution < -0.4 is 129 Å². The molecule has 0 bridgehead atoms. The van der Waals surface area contributed by atoms with Crippen molar-refractivity contribution in [2.45, 2.75) is 132 Å². The van der Waals surface area contributed by atoms with Gasteiger partial charge < -0.3 is 134 Å². The van der Waals surface area contributed by atoms with E-state index in [0.717, 1.165) is 0 Å². The molecule has 0 radical (unpaired) electrons. The van der Waals surface area contributed by atoms with Crippen LogP contribution in [-0.2, 0) is 43.2 Å². The summed E-state index contributed by atoms with van der Waals surface area (Å²) in [6.45, 7) is -1.05. The Balaban J connectivity index is 7.44. The van der Waals surface area contributed by atoms with Crippen LogP contribution in [0.5, 0.6) is 0 Å². The molecule has 486 valence electrons. The maximum absolute atomic E-state index is 14.6. The summed E-state index contributed by atoms with van der Waals surface area (Å²) in [5.41, 5.74) is 82.2. The third-order valence-corrected chi connectivity index (χ3v) is 11.7. The van der Waals surface area contributed by atoms with Crippen molar-refractivity contribution in [1.82, 2.24) is 42.5 Å². The number of carboxylic acids is 1. The third kappa shape index (κ3) is 38.0. The summed E-state index contributed by atoms with van der Waals surface area (Å²) >= 11 is 0. The summed E-state index contributed by atoms with van der Waals surface area (Å²) in [5, 5.41) is 30.2. The maximum atomic E-state index is 14.6. The Morgan fingerprint density at radius 1 is 0.291 bits per heavy atom. The number of carbonyl (C=O) groups excluding carboxylic acids is 8. The molecule has 0 heterocycles. The quantitative estimate of drug-likeness (QED) is 0.0153. The van der Waals surface area contributed by atoms with Gasteiger partial charge in [-0.15, -0.1) is 0 Å². The van der Waals surface area contributed by atoms with Crippen LogP contribution in [0, 0.1) is 0 Å². The molecule has 0 saturated carbocycles. The molecule has 0 aliphatic rings. The van der Waals surface area contributed by atoms with Gasteiger partial charge in [-0.3, -0.25) is 73.3 Å². The lowest BCUT2D eigenvalue weighted by Gasteiger charge is -2.28. The van der Waals surface area contributed by atoms with Crippen LogP contribution >= 0.6 is 0 Å². The molecule has 0 rings (SSSR count). The molecule has 40 heteroatoms. The van der Waals surface area contributed by atoms with E-state index >= 15 is 0 Å². The Bertz CT molecular complexity index is 2390. The van der Waals surface area contributed by atoms with E-state index in [9.17, 15) is 48.3 Å².